The summed E-state index contributed by atoms with van der Waals surface area (Å²) in [7, 11) is 1.83. The lowest BCUT2D eigenvalue weighted by Crippen LogP contribution is -2.14. The van der Waals surface area contributed by atoms with Crippen molar-refractivity contribution in [3.8, 4) is 0 Å². The summed E-state index contributed by atoms with van der Waals surface area (Å²) in [6.07, 6.45) is 2.36. The molecule has 0 radical (unpaired) electrons. The van der Waals surface area contributed by atoms with Crippen molar-refractivity contribution in [2.75, 3.05) is 7.05 Å². The molecule has 1 aromatic rings. The van der Waals surface area contributed by atoms with Gasteiger partial charge in [-0.3, -0.25) is 4.79 Å². The third-order valence-electron chi connectivity index (χ3n) is 2.26. The lowest BCUT2D eigenvalue weighted by atomic mass is 9.95. The fourth-order valence-electron chi connectivity index (χ4n) is 1.67. The van der Waals surface area contributed by atoms with E-state index in [0.29, 0.717) is 13.0 Å². The first-order chi connectivity index (χ1) is 6.33. The minimum Gasteiger partial charge on any atom is -0.360 e. The summed E-state index contributed by atoms with van der Waals surface area (Å²) in [5.41, 5.74) is 1.47. The topological polar surface area (TPSA) is 55.1 Å². The molecular weight excluding hydrogens is 168 g/mol. The maximum Gasteiger partial charge on any atom is 0.168 e. The van der Waals surface area contributed by atoms with Crippen molar-refractivity contribution in [1.82, 2.24) is 10.5 Å². The van der Waals surface area contributed by atoms with Crippen LogP contribution in [0.3, 0.4) is 0 Å². The molecule has 0 unspecified atom stereocenters. The highest BCUT2D eigenvalue weighted by atomic mass is 16.5. The highest BCUT2D eigenvalue weighted by Gasteiger charge is 2.25. The summed E-state index contributed by atoms with van der Waals surface area (Å²) in [4.78, 5) is 11.5. The summed E-state index contributed by atoms with van der Waals surface area (Å²) in [6, 6.07) is 0. The number of aromatic nitrogens is 1. The average molecular weight is 180 g/mol. The number of hydrogen-bond donors (Lipinski definition) is 1. The van der Waals surface area contributed by atoms with Crippen LogP contribution in [0.15, 0.2) is 4.52 Å². The van der Waals surface area contributed by atoms with Crippen LogP contribution >= 0.6 is 0 Å². The molecule has 0 aliphatic heterocycles. The monoisotopic (exact) mass is 180 g/mol. The van der Waals surface area contributed by atoms with Crippen molar-refractivity contribution in [3.05, 3.63) is 17.0 Å². The predicted molar refractivity (Wildman–Crippen MR) is 46.5 cm³/mol. The molecule has 13 heavy (non-hydrogen) atoms. The summed E-state index contributed by atoms with van der Waals surface area (Å²) >= 11 is 0. The number of hydrogen-bond acceptors (Lipinski definition) is 4. The van der Waals surface area contributed by atoms with Crippen LogP contribution in [0.4, 0.5) is 0 Å². The van der Waals surface area contributed by atoms with E-state index in [-0.39, 0.29) is 5.78 Å². The van der Waals surface area contributed by atoms with Crippen LogP contribution in [0, 0.1) is 0 Å². The van der Waals surface area contributed by atoms with Crippen molar-refractivity contribution >= 4 is 5.78 Å². The van der Waals surface area contributed by atoms with Crippen molar-refractivity contribution in [1.29, 1.82) is 0 Å². The summed E-state index contributed by atoms with van der Waals surface area (Å²) < 4.78 is 5.10. The van der Waals surface area contributed by atoms with Crippen LogP contribution in [0.5, 0.6) is 0 Å². The number of rotatable bonds is 2. The van der Waals surface area contributed by atoms with E-state index in [1.165, 1.54) is 0 Å². The van der Waals surface area contributed by atoms with Crippen LogP contribution in [0.2, 0.25) is 0 Å². The lowest BCUT2D eigenvalue weighted by molar-refractivity contribution is 0.0968. The van der Waals surface area contributed by atoms with Gasteiger partial charge in [-0.1, -0.05) is 5.16 Å². The Morgan fingerprint density at radius 3 is 3.15 bits per heavy atom. The number of nitrogens with one attached hydrogen (secondary N) is 1. The zero-order chi connectivity index (χ0) is 9.26. The Kier molecular flexibility index (Phi) is 2.14. The Morgan fingerprint density at radius 2 is 2.38 bits per heavy atom. The Morgan fingerprint density at radius 1 is 1.54 bits per heavy atom. The second kappa shape index (κ2) is 3.30. The van der Waals surface area contributed by atoms with E-state index in [0.717, 1.165) is 29.9 Å². The van der Waals surface area contributed by atoms with Gasteiger partial charge in [-0.05, 0) is 13.5 Å². The molecule has 0 amide bonds. The highest BCUT2D eigenvalue weighted by molar-refractivity contribution is 5.98. The normalized spacial score (nSPS) is 15.9. The first kappa shape index (κ1) is 8.44. The van der Waals surface area contributed by atoms with E-state index in [2.05, 4.69) is 10.5 Å². The highest BCUT2D eigenvalue weighted by Crippen LogP contribution is 2.23. The van der Waals surface area contributed by atoms with Crippen LogP contribution in [0.25, 0.3) is 0 Å². The van der Waals surface area contributed by atoms with Crippen LogP contribution < -0.4 is 5.32 Å². The van der Waals surface area contributed by atoms with Gasteiger partial charge in [0.05, 0.1) is 5.56 Å². The van der Waals surface area contributed by atoms with Crippen LogP contribution in [0.1, 0.15) is 34.7 Å². The van der Waals surface area contributed by atoms with Gasteiger partial charge in [-0.25, -0.2) is 0 Å². The number of nitrogens with zero attached hydrogens (tertiary/aromatic N) is 1. The van der Waals surface area contributed by atoms with E-state index in [1.807, 2.05) is 7.05 Å². The summed E-state index contributed by atoms with van der Waals surface area (Å²) in [5.74, 6) is 0.939. The minimum atomic E-state index is 0.174. The zero-order valence-electron chi connectivity index (χ0n) is 7.59. The number of ketones is 1. The molecular formula is C9H12N2O2. The van der Waals surface area contributed by atoms with Gasteiger partial charge in [-0.15, -0.1) is 0 Å². The van der Waals surface area contributed by atoms with Crippen molar-refractivity contribution in [2.45, 2.75) is 25.8 Å². The van der Waals surface area contributed by atoms with Crippen LogP contribution in [-0.2, 0) is 13.0 Å². The van der Waals surface area contributed by atoms with Crippen LogP contribution in [-0.4, -0.2) is 18.0 Å². The summed E-state index contributed by atoms with van der Waals surface area (Å²) in [6.45, 7) is 0.602. The molecule has 0 saturated heterocycles. The average Bonchev–Trinajstić information content (AvgIpc) is 2.51. The number of Topliss-reactive ketones (excluding diaryl/α,β-unsaturated/α-hetero) is 1. The van der Waals surface area contributed by atoms with E-state index >= 15 is 0 Å². The molecule has 0 aromatic carbocycles. The van der Waals surface area contributed by atoms with E-state index in [9.17, 15) is 4.79 Å². The largest absolute Gasteiger partial charge is 0.360 e. The molecule has 0 bridgehead atoms. The van der Waals surface area contributed by atoms with Gasteiger partial charge in [0.25, 0.3) is 0 Å². The Balaban J connectivity index is 2.38. The molecule has 4 heteroatoms. The molecule has 0 spiro atoms. The third kappa shape index (κ3) is 1.37. The maximum atomic E-state index is 11.5. The van der Waals surface area contributed by atoms with Gasteiger partial charge >= 0.3 is 0 Å². The van der Waals surface area contributed by atoms with Gasteiger partial charge in [0, 0.05) is 19.4 Å². The quantitative estimate of drug-likeness (QED) is 0.735. The molecule has 1 aliphatic rings. The van der Waals surface area contributed by atoms with Gasteiger partial charge < -0.3 is 9.84 Å². The van der Waals surface area contributed by atoms with Gasteiger partial charge in [0.15, 0.2) is 5.78 Å². The van der Waals surface area contributed by atoms with Crippen molar-refractivity contribution in [2.24, 2.45) is 0 Å². The third-order valence-corrected chi connectivity index (χ3v) is 2.26. The molecule has 1 heterocycles. The van der Waals surface area contributed by atoms with E-state index < -0.39 is 0 Å². The Hall–Kier alpha value is -1.16. The molecule has 1 aliphatic carbocycles. The fraction of sp³-hybridized carbons (Fsp3) is 0.556. The van der Waals surface area contributed by atoms with Gasteiger partial charge in [-0.2, -0.15) is 0 Å². The smallest absolute Gasteiger partial charge is 0.168 e. The molecule has 1 aromatic heterocycles. The van der Waals surface area contributed by atoms with E-state index in [1.54, 1.807) is 0 Å². The minimum absolute atomic E-state index is 0.174. The lowest BCUT2D eigenvalue weighted by Gasteiger charge is -2.07. The zero-order valence-corrected chi connectivity index (χ0v) is 7.59. The maximum absolute atomic E-state index is 11.5. The van der Waals surface area contributed by atoms with E-state index in [4.69, 9.17) is 4.52 Å². The first-order valence-electron chi connectivity index (χ1n) is 4.48. The van der Waals surface area contributed by atoms with Crippen molar-refractivity contribution < 1.29 is 9.32 Å². The molecule has 4 nitrogen and oxygen atoms in total. The SMILES string of the molecule is CNCc1noc2c1C(=O)CCC2. The molecule has 0 saturated carbocycles. The second-order valence-corrected chi connectivity index (χ2v) is 3.23. The van der Waals surface area contributed by atoms with Gasteiger partial charge in [0.1, 0.15) is 11.5 Å². The first-order valence-corrected chi connectivity index (χ1v) is 4.48. The number of fused-ring (bicyclic) bond motifs is 1. The molecule has 2 rings (SSSR count). The predicted octanol–water partition coefficient (Wildman–Crippen LogP) is 0.913. The number of aryl methyl sites for hydroxylation is 1. The molecule has 0 fully saturated rings. The standard InChI is InChI=1S/C9H12N2O2/c1-10-5-6-9-7(12)3-2-4-8(9)13-11-6/h10H,2-5H2,1H3. The molecule has 1 N–H and O–H groups in total. The molecule has 0 atom stereocenters. The second-order valence-electron chi connectivity index (χ2n) is 3.23. The number of carbonyl (C=O) groups is 1. The Labute approximate surface area is 76.3 Å². The van der Waals surface area contributed by atoms with Crippen molar-refractivity contribution in [3.63, 3.8) is 0 Å². The Bertz CT molecular complexity index is 330. The summed E-state index contributed by atoms with van der Waals surface area (Å²) in [5, 5.41) is 6.85. The number of carbonyl (C=O) groups excluding carboxylic acids is 1. The van der Waals surface area contributed by atoms with Gasteiger partial charge in [0.2, 0.25) is 0 Å². The fourth-order valence-corrected chi connectivity index (χ4v) is 1.67. The molecule has 70 valence electrons.